The third-order valence-corrected chi connectivity index (χ3v) is 1.94. The molecule has 0 aromatic rings. The lowest BCUT2D eigenvalue weighted by Gasteiger charge is -2.27. The standard InChI is InChI=1S/C7H11NO3/c1-8-4-5(9)2-3-6(8)7(10)11/h6H,2-4H2,1H3,(H,10,11). The van der Waals surface area contributed by atoms with Crippen LogP contribution in [0.1, 0.15) is 12.8 Å². The van der Waals surface area contributed by atoms with E-state index in [-0.39, 0.29) is 12.3 Å². The minimum absolute atomic E-state index is 0.130. The van der Waals surface area contributed by atoms with Gasteiger partial charge < -0.3 is 5.11 Å². The van der Waals surface area contributed by atoms with Gasteiger partial charge in [-0.1, -0.05) is 0 Å². The van der Waals surface area contributed by atoms with E-state index in [0.29, 0.717) is 12.8 Å². The number of carboxylic acids is 1. The predicted molar refractivity (Wildman–Crippen MR) is 38.3 cm³/mol. The first-order valence-corrected chi connectivity index (χ1v) is 3.56. The lowest BCUT2D eigenvalue weighted by molar-refractivity contribution is -0.145. The Bertz CT molecular complexity index is 190. The van der Waals surface area contributed by atoms with E-state index in [1.54, 1.807) is 11.9 Å². The molecule has 4 heteroatoms. The first kappa shape index (κ1) is 8.20. The fourth-order valence-corrected chi connectivity index (χ4v) is 1.30. The molecule has 1 unspecified atom stereocenters. The van der Waals surface area contributed by atoms with Crippen molar-refractivity contribution in [2.75, 3.05) is 13.6 Å². The van der Waals surface area contributed by atoms with Crippen LogP contribution in [0.5, 0.6) is 0 Å². The number of Topliss-reactive ketones (excluding diaryl/α,β-unsaturated/α-hetero) is 1. The van der Waals surface area contributed by atoms with E-state index in [0.717, 1.165) is 0 Å². The number of hydrogen-bond donors (Lipinski definition) is 1. The number of piperidine rings is 1. The monoisotopic (exact) mass is 157 g/mol. The molecule has 1 rings (SSSR count). The molecule has 1 saturated heterocycles. The summed E-state index contributed by atoms with van der Waals surface area (Å²) in [6, 6.07) is -0.465. The Morgan fingerprint density at radius 2 is 2.36 bits per heavy atom. The summed E-state index contributed by atoms with van der Waals surface area (Å²) < 4.78 is 0. The molecule has 1 atom stereocenters. The molecule has 0 aliphatic carbocycles. The lowest BCUT2D eigenvalue weighted by atomic mass is 10.0. The van der Waals surface area contributed by atoms with Crippen molar-refractivity contribution in [3.8, 4) is 0 Å². The summed E-state index contributed by atoms with van der Waals surface area (Å²) in [5.74, 6) is -0.704. The van der Waals surface area contributed by atoms with Crippen LogP contribution in [0.4, 0.5) is 0 Å². The van der Waals surface area contributed by atoms with Gasteiger partial charge in [0.2, 0.25) is 0 Å². The Morgan fingerprint density at radius 1 is 1.73 bits per heavy atom. The number of aliphatic carboxylic acids is 1. The van der Waals surface area contributed by atoms with Crippen LogP contribution >= 0.6 is 0 Å². The van der Waals surface area contributed by atoms with Crippen LogP contribution in [0.3, 0.4) is 0 Å². The molecule has 0 aromatic heterocycles. The van der Waals surface area contributed by atoms with Gasteiger partial charge in [-0.15, -0.1) is 0 Å². The minimum Gasteiger partial charge on any atom is -0.480 e. The van der Waals surface area contributed by atoms with Crippen molar-refractivity contribution in [2.45, 2.75) is 18.9 Å². The Morgan fingerprint density at radius 3 is 2.82 bits per heavy atom. The summed E-state index contributed by atoms with van der Waals surface area (Å²) in [6.45, 7) is 0.275. The van der Waals surface area contributed by atoms with Crippen LogP contribution in [0.2, 0.25) is 0 Å². The highest BCUT2D eigenvalue weighted by Gasteiger charge is 2.28. The normalized spacial score (nSPS) is 27.0. The van der Waals surface area contributed by atoms with Crippen LogP contribution in [0.25, 0.3) is 0 Å². The maximum Gasteiger partial charge on any atom is 0.320 e. The number of hydrogen-bond acceptors (Lipinski definition) is 3. The average molecular weight is 157 g/mol. The van der Waals surface area contributed by atoms with Gasteiger partial charge >= 0.3 is 5.97 Å². The summed E-state index contributed by atoms with van der Waals surface area (Å²) in [4.78, 5) is 22.9. The predicted octanol–water partition coefficient (Wildman–Crippen LogP) is -0.266. The molecule has 0 saturated carbocycles. The summed E-state index contributed by atoms with van der Waals surface area (Å²) in [6.07, 6.45) is 0.853. The van der Waals surface area contributed by atoms with E-state index in [2.05, 4.69) is 0 Å². The molecule has 1 aliphatic rings. The van der Waals surface area contributed by atoms with Crippen molar-refractivity contribution < 1.29 is 14.7 Å². The Kier molecular flexibility index (Phi) is 2.24. The maximum absolute atomic E-state index is 10.8. The number of likely N-dealkylation sites (tertiary alicyclic amines) is 1. The molecule has 0 aromatic carbocycles. The van der Waals surface area contributed by atoms with E-state index in [1.165, 1.54) is 0 Å². The minimum atomic E-state index is -0.833. The van der Waals surface area contributed by atoms with Gasteiger partial charge in [0.25, 0.3) is 0 Å². The second-order valence-electron chi connectivity index (χ2n) is 2.85. The zero-order valence-electron chi connectivity index (χ0n) is 6.41. The average Bonchev–Trinajstić information content (AvgIpc) is 1.85. The second kappa shape index (κ2) is 3.00. The van der Waals surface area contributed by atoms with Crippen molar-refractivity contribution in [1.82, 2.24) is 4.90 Å². The zero-order chi connectivity index (χ0) is 8.43. The molecule has 62 valence electrons. The van der Waals surface area contributed by atoms with Gasteiger partial charge in [0.15, 0.2) is 0 Å². The SMILES string of the molecule is CN1CC(=O)CCC1C(=O)O. The van der Waals surface area contributed by atoms with E-state index >= 15 is 0 Å². The van der Waals surface area contributed by atoms with E-state index in [4.69, 9.17) is 5.11 Å². The van der Waals surface area contributed by atoms with Gasteiger partial charge in [0, 0.05) is 6.42 Å². The maximum atomic E-state index is 10.8. The van der Waals surface area contributed by atoms with Gasteiger partial charge in [-0.2, -0.15) is 0 Å². The van der Waals surface area contributed by atoms with Crippen molar-refractivity contribution >= 4 is 11.8 Å². The second-order valence-corrected chi connectivity index (χ2v) is 2.85. The molecule has 1 fully saturated rings. The molecule has 1 N–H and O–H groups in total. The number of carbonyl (C=O) groups is 2. The van der Waals surface area contributed by atoms with E-state index in [1.807, 2.05) is 0 Å². The number of carboxylic acid groups (broad SMARTS) is 1. The third kappa shape index (κ3) is 1.77. The first-order chi connectivity index (χ1) is 5.11. The smallest absolute Gasteiger partial charge is 0.320 e. The van der Waals surface area contributed by atoms with Crippen LogP contribution in [-0.2, 0) is 9.59 Å². The molecule has 11 heavy (non-hydrogen) atoms. The molecule has 4 nitrogen and oxygen atoms in total. The molecule has 1 heterocycles. The van der Waals surface area contributed by atoms with Gasteiger partial charge in [0.1, 0.15) is 11.8 Å². The first-order valence-electron chi connectivity index (χ1n) is 3.56. The van der Waals surface area contributed by atoms with Crippen LogP contribution in [0.15, 0.2) is 0 Å². The Balaban J connectivity index is 2.57. The highest BCUT2D eigenvalue weighted by atomic mass is 16.4. The van der Waals surface area contributed by atoms with Gasteiger partial charge in [-0.25, -0.2) is 0 Å². The third-order valence-electron chi connectivity index (χ3n) is 1.94. The van der Waals surface area contributed by atoms with E-state index in [9.17, 15) is 9.59 Å². The number of likely N-dealkylation sites (N-methyl/N-ethyl adjacent to an activating group) is 1. The number of carbonyl (C=O) groups excluding carboxylic acids is 1. The van der Waals surface area contributed by atoms with Crippen molar-refractivity contribution in [2.24, 2.45) is 0 Å². The van der Waals surface area contributed by atoms with Gasteiger partial charge in [-0.3, -0.25) is 14.5 Å². The molecule has 0 spiro atoms. The summed E-state index contributed by atoms with van der Waals surface area (Å²) in [7, 11) is 1.66. The topological polar surface area (TPSA) is 57.6 Å². The van der Waals surface area contributed by atoms with Crippen LogP contribution in [-0.4, -0.2) is 41.4 Å². The van der Waals surface area contributed by atoms with Crippen LogP contribution < -0.4 is 0 Å². The zero-order valence-corrected chi connectivity index (χ0v) is 6.41. The molecule has 0 radical (unpaired) electrons. The fraction of sp³-hybridized carbons (Fsp3) is 0.714. The highest BCUT2D eigenvalue weighted by molar-refractivity contribution is 5.84. The van der Waals surface area contributed by atoms with Crippen molar-refractivity contribution in [3.05, 3.63) is 0 Å². The molecular formula is C7H11NO3. The fourth-order valence-electron chi connectivity index (χ4n) is 1.30. The van der Waals surface area contributed by atoms with Crippen molar-refractivity contribution in [3.63, 3.8) is 0 Å². The lowest BCUT2D eigenvalue weighted by Crippen LogP contribution is -2.45. The highest BCUT2D eigenvalue weighted by Crippen LogP contribution is 2.12. The van der Waals surface area contributed by atoms with Gasteiger partial charge in [-0.05, 0) is 13.5 Å². The van der Waals surface area contributed by atoms with Crippen molar-refractivity contribution in [1.29, 1.82) is 0 Å². The Labute approximate surface area is 64.8 Å². The Hall–Kier alpha value is -0.900. The molecular weight excluding hydrogens is 146 g/mol. The number of nitrogens with zero attached hydrogens (tertiary/aromatic N) is 1. The molecule has 1 aliphatic heterocycles. The van der Waals surface area contributed by atoms with Gasteiger partial charge in [0.05, 0.1) is 6.54 Å². The number of ketones is 1. The molecule has 0 bridgehead atoms. The molecule has 0 amide bonds. The van der Waals surface area contributed by atoms with Crippen LogP contribution in [0, 0.1) is 0 Å². The summed E-state index contributed by atoms with van der Waals surface area (Å²) in [5.41, 5.74) is 0. The quantitative estimate of drug-likeness (QED) is 0.569. The summed E-state index contributed by atoms with van der Waals surface area (Å²) in [5, 5.41) is 8.64. The largest absolute Gasteiger partial charge is 0.480 e. The summed E-state index contributed by atoms with van der Waals surface area (Å²) >= 11 is 0. The van der Waals surface area contributed by atoms with E-state index < -0.39 is 12.0 Å². The number of rotatable bonds is 1.